The van der Waals surface area contributed by atoms with Crippen LogP contribution >= 0.6 is 0 Å². The average Bonchev–Trinajstić information content (AvgIpc) is 3.15. The summed E-state index contributed by atoms with van der Waals surface area (Å²) in [6.45, 7) is 8.68. The first-order valence-corrected chi connectivity index (χ1v) is 18.5. The quantitative estimate of drug-likeness (QED) is 0.0513. The van der Waals surface area contributed by atoms with Crippen molar-refractivity contribution < 1.29 is 43.6 Å². The number of benzene rings is 2. The smallest absolute Gasteiger partial charge is 0.342 e. The number of carbonyl (C=O) groups excluding carboxylic acids is 3. The minimum Gasteiger partial charge on any atom is -0.507 e. The summed E-state index contributed by atoms with van der Waals surface area (Å²) in [5.41, 5.74) is -0.951. The normalized spacial score (nSPS) is 12.6. The van der Waals surface area contributed by atoms with E-state index in [1.807, 2.05) is 12.2 Å². The van der Waals surface area contributed by atoms with E-state index in [1.165, 1.54) is 18.2 Å². The Morgan fingerprint density at radius 3 is 1.82 bits per heavy atom. The maximum Gasteiger partial charge on any atom is 0.342 e. The van der Waals surface area contributed by atoms with E-state index >= 15 is 0 Å². The van der Waals surface area contributed by atoms with Gasteiger partial charge >= 0.3 is 17.9 Å². The van der Waals surface area contributed by atoms with Gasteiger partial charge in [-0.2, -0.15) is 0 Å². The number of hydrogen-bond acceptors (Lipinski definition) is 8. The number of nitrogens with one attached hydrogen (secondary N) is 1. The van der Waals surface area contributed by atoms with E-state index in [2.05, 4.69) is 73.5 Å². The number of phenols is 1. The van der Waals surface area contributed by atoms with E-state index in [0.29, 0.717) is 12.0 Å². The second kappa shape index (κ2) is 26.0. The summed E-state index contributed by atoms with van der Waals surface area (Å²) < 4.78 is 17.0. The second-order valence-electron chi connectivity index (χ2n) is 13.0. The Balaban J connectivity index is 1.92. The third-order valence-corrected chi connectivity index (χ3v) is 7.84. The molecule has 2 rings (SSSR count). The molecule has 0 heterocycles. The maximum absolute atomic E-state index is 13.5. The van der Waals surface area contributed by atoms with Crippen LogP contribution in [0.2, 0.25) is 0 Å². The number of aromatic hydroxyl groups is 1. The lowest BCUT2D eigenvalue weighted by atomic mass is 9.86. The lowest BCUT2D eigenvalue weighted by Gasteiger charge is -2.32. The molecule has 0 radical (unpaired) electrons. The van der Waals surface area contributed by atoms with Crippen molar-refractivity contribution in [1.29, 1.82) is 0 Å². The largest absolute Gasteiger partial charge is 0.507 e. The number of ether oxygens (including phenoxy) is 3. The predicted octanol–water partition coefficient (Wildman–Crippen LogP) is 9.22. The predicted molar refractivity (Wildman–Crippen MR) is 216 cm³/mol. The summed E-state index contributed by atoms with van der Waals surface area (Å²) in [5.74, 6) is -3.27. The number of allylic oxidation sites excluding steroid dienone is 11. The number of phenolic OH excluding ortho intramolecular Hbond substituents is 1. The molecule has 1 unspecified atom stereocenters. The molecule has 55 heavy (non-hydrogen) atoms. The van der Waals surface area contributed by atoms with Gasteiger partial charge in [0.15, 0.2) is 6.10 Å². The van der Waals surface area contributed by atoms with Crippen molar-refractivity contribution in [2.24, 2.45) is 5.41 Å². The lowest BCUT2D eigenvalue weighted by molar-refractivity contribution is -0.153. The van der Waals surface area contributed by atoms with Crippen LogP contribution in [0.1, 0.15) is 88.1 Å². The summed E-state index contributed by atoms with van der Waals surface area (Å²) in [6.07, 6.45) is 28.3. The summed E-state index contributed by atoms with van der Waals surface area (Å²) in [4.78, 5) is 50.5. The van der Waals surface area contributed by atoms with Crippen molar-refractivity contribution in [3.63, 3.8) is 0 Å². The highest BCUT2D eigenvalue weighted by molar-refractivity contribution is 5.95. The first kappa shape index (κ1) is 45.3. The van der Waals surface area contributed by atoms with Gasteiger partial charge in [-0.15, -0.1) is 0 Å². The lowest BCUT2D eigenvalue weighted by Crippen LogP contribution is -2.49. The fraction of sp³-hybridized carbons (Fsp3) is 0.333. The Bertz CT molecular complexity index is 1730. The zero-order valence-corrected chi connectivity index (χ0v) is 32.2. The summed E-state index contributed by atoms with van der Waals surface area (Å²) in [5, 5.41) is 21.7. The molecular formula is C45H55NO9. The Morgan fingerprint density at radius 2 is 1.27 bits per heavy atom. The molecule has 294 valence electrons. The SMILES string of the molecule is C=C(Oc1ccccc1C(=O)OC(C(=O)NCCC(=O)O)C(C)(C)COC(=O)CC=CCC=CCC=CCC=CCC=CCC=CCC)c1ccccc1O. The first-order valence-electron chi connectivity index (χ1n) is 18.5. The van der Waals surface area contributed by atoms with Crippen LogP contribution in [0.4, 0.5) is 0 Å². The van der Waals surface area contributed by atoms with Gasteiger partial charge < -0.3 is 29.7 Å². The zero-order valence-electron chi connectivity index (χ0n) is 32.2. The van der Waals surface area contributed by atoms with Gasteiger partial charge in [0, 0.05) is 12.0 Å². The molecule has 1 amide bonds. The molecule has 2 aromatic rings. The van der Waals surface area contributed by atoms with E-state index in [9.17, 15) is 24.3 Å². The van der Waals surface area contributed by atoms with Crippen LogP contribution in [0.3, 0.4) is 0 Å². The topological polar surface area (TPSA) is 148 Å². The number of para-hydroxylation sites is 2. The molecule has 2 aromatic carbocycles. The van der Waals surface area contributed by atoms with Crippen LogP contribution < -0.4 is 10.1 Å². The molecule has 0 aromatic heterocycles. The Labute approximate surface area is 325 Å². The Morgan fingerprint density at radius 1 is 0.764 bits per heavy atom. The fourth-order valence-corrected chi connectivity index (χ4v) is 4.85. The molecule has 3 N–H and O–H groups in total. The number of hydrogen-bond donors (Lipinski definition) is 3. The molecule has 0 aliphatic carbocycles. The van der Waals surface area contributed by atoms with Gasteiger partial charge in [0.25, 0.3) is 5.91 Å². The minimum atomic E-state index is -1.48. The summed E-state index contributed by atoms with van der Waals surface area (Å²) in [6, 6.07) is 12.6. The van der Waals surface area contributed by atoms with Crippen LogP contribution in [-0.2, 0) is 23.9 Å². The van der Waals surface area contributed by atoms with E-state index in [-0.39, 0.29) is 48.8 Å². The first-order chi connectivity index (χ1) is 26.5. The molecule has 10 heteroatoms. The van der Waals surface area contributed by atoms with E-state index in [1.54, 1.807) is 50.3 Å². The Kier molecular flexibility index (Phi) is 21.4. The number of esters is 2. The molecule has 1 atom stereocenters. The maximum atomic E-state index is 13.5. The van der Waals surface area contributed by atoms with Crippen molar-refractivity contribution in [1.82, 2.24) is 5.32 Å². The molecule has 0 bridgehead atoms. The van der Waals surface area contributed by atoms with Gasteiger partial charge in [0.2, 0.25) is 0 Å². The van der Waals surface area contributed by atoms with Crippen LogP contribution in [0, 0.1) is 5.41 Å². The van der Waals surface area contributed by atoms with Gasteiger partial charge in [-0.1, -0.05) is 125 Å². The van der Waals surface area contributed by atoms with E-state index in [0.717, 1.165) is 32.1 Å². The van der Waals surface area contributed by atoms with Crippen molar-refractivity contribution in [2.75, 3.05) is 13.2 Å². The van der Waals surface area contributed by atoms with Crippen LogP contribution in [0.5, 0.6) is 11.5 Å². The van der Waals surface area contributed by atoms with Gasteiger partial charge in [-0.3, -0.25) is 14.4 Å². The Hall–Kier alpha value is -5.90. The molecule has 0 aliphatic heterocycles. The summed E-state index contributed by atoms with van der Waals surface area (Å²) in [7, 11) is 0. The van der Waals surface area contributed by atoms with Crippen LogP contribution in [0.25, 0.3) is 5.76 Å². The summed E-state index contributed by atoms with van der Waals surface area (Å²) >= 11 is 0. The van der Waals surface area contributed by atoms with Gasteiger partial charge in [-0.05, 0) is 62.8 Å². The van der Waals surface area contributed by atoms with Crippen molar-refractivity contribution >= 4 is 29.6 Å². The molecule has 0 fully saturated rings. The average molecular weight is 754 g/mol. The molecule has 0 saturated carbocycles. The molecular weight excluding hydrogens is 698 g/mol. The molecule has 0 saturated heterocycles. The zero-order chi connectivity index (χ0) is 40.3. The number of carboxylic acid groups (broad SMARTS) is 1. The third-order valence-electron chi connectivity index (χ3n) is 7.84. The van der Waals surface area contributed by atoms with Crippen LogP contribution in [-0.4, -0.2) is 53.3 Å². The van der Waals surface area contributed by atoms with Crippen molar-refractivity contribution in [3.8, 4) is 11.5 Å². The van der Waals surface area contributed by atoms with Gasteiger partial charge in [0.1, 0.15) is 29.4 Å². The monoisotopic (exact) mass is 753 g/mol. The molecule has 0 spiro atoms. The minimum absolute atomic E-state index is 0.00161. The van der Waals surface area contributed by atoms with Crippen molar-refractivity contribution in [2.45, 2.75) is 78.2 Å². The number of carbonyl (C=O) groups is 4. The van der Waals surface area contributed by atoms with E-state index < -0.39 is 35.3 Å². The molecule has 10 nitrogen and oxygen atoms in total. The fourth-order valence-electron chi connectivity index (χ4n) is 4.85. The van der Waals surface area contributed by atoms with E-state index in [4.69, 9.17) is 19.3 Å². The number of aliphatic carboxylic acids is 1. The standard InChI is InChI=1S/C45H55NO9/c1-5-6-7-8-9-10-11-12-13-14-15-16-17-18-19-20-21-22-31-41(50)53-34-45(3,4)42(43(51)46-33-32-40(48)49)55-44(52)37-28-24-26-30-39(37)54-35(2)36-27-23-25-29-38(36)47/h6-7,9-10,12-13,15-16,18-19,21-30,42,47H,2,5,8,11,14,17,20,31-34H2,1,3-4H3,(H,46,51)(H,48,49). The van der Waals surface area contributed by atoms with Gasteiger partial charge in [-0.25, -0.2) is 4.79 Å². The third kappa shape index (κ3) is 18.6. The highest BCUT2D eigenvalue weighted by Gasteiger charge is 2.40. The highest BCUT2D eigenvalue weighted by atomic mass is 16.6. The number of amides is 1. The van der Waals surface area contributed by atoms with Crippen LogP contribution in [0.15, 0.2) is 128 Å². The highest BCUT2D eigenvalue weighted by Crippen LogP contribution is 2.31. The van der Waals surface area contributed by atoms with Crippen molar-refractivity contribution in [3.05, 3.63) is 139 Å². The molecule has 0 aliphatic rings. The second-order valence-corrected chi connectivity index (χ2v) is 13.0. The van der Waals surface area contributed by atoms with Gasteiger partial charge in [0.05, 0.1) is 18.4 Å². The number of carboxylic acids is 1. The number of rotatable bonds is 25.